The number of nitrogens with zero attached hydrogens (tertiary/aromatic N) is 4. The molecular weight excluding hydrogens is 228 g/mol. The summed E-state index contributed by atoms with van der Waals surface area (Å²) in [7, 11) is 1.55. The number of methoxy groups -OCH3 is 1. The second-order valence-electron chi connectivity index (χ2n) is 3.60. The van der Waals surface area contributed by atoms with Crippen molar-refractivity contribution in [1.29, 1.82) is 15.8 Å². The van der Waals surface area contributed by atoms with Gasteiger partial charge >= 0.3 is 0 Å². The average Bonchev–Trinajstić information content (AvgIpc) is 2.39. The second kappa shape index (κ2) is 6.91. The number of rotatable bonds is 5. The Labute approximate surface area is 106 Å². The van der Waals surface area contributed by atoms with Crippen LogP contribution >= 0.6 is 0 Å². The van der Waals surface area contributed by atoms with Crippen LogP contribution in [-0.2, 0) is 6.54 Å². The smallest absolute Gasteiger partial charge is 0.123 e. The maximum atomic E-state index is 8.86. The molecule has 0 atom stereocenters. The molecule has 5 nitrogen and oxygen atoms in total. The first kappa shape index (κ1) is 13.5. The third-order valence-corrected chi connectivity index (χ3v) is 2.39. The number of hydrogen-bond acceptors (Lipinski definition) is 5. The summed E-state index contributed by atoms with van der Waals surface area (Å²) in [5, 5.41) is 26.2. The molecule has 0 fully saturated rings. The van der Waals surface area contributed by atoms with Crippen molar-refractivity contribution >= 4 is 0 Å². The molecule has 1 rings (SSSR count). The van der Waals surface area contributed by atoms with Gasteiger partial charge in [0.25, 0.3) is 0 Å². The van der Waals surface area contributed by atoms with Crippen molar-refractivity contribution in [3.05, 3.63) is 29.3 Å². The van der Waals surface area contributed by atoms with Gasteiger partial charge in [0.05, 0.1) is 44.0 Å². The van der Waals surface area contributed by atoms with Gasteiger partial charge in [-0.1, -0.05) is 0 Å². The molecule has 0 unspecified atom stereocenters. The lowest BCUT2D eigenvalue weighted by molar-refractivity contribution is 0.324. The van der Waals surface area contributed by atoms with Gasteiger partial charge in [-0.05, 0) is 18.2 Å². The molecule has 1 aromatic rings. The molecule has 0 heterocycles. The lowest BCUT2D eigenvalue weighted by Crippen LogP contribution is -2.24. The number of hydrogen-bond donors (Lipinski definition) is 0. The molecular formula is C13H12N4O. The fourth-order valence-corrected chi connectivity index (χ4v) is 1.58. The summed E-state index contributed by atoms with van der Waals surface area (Å²) < 4.78 is 5.20. The maximum Gasteiger partial charge on any atom is 0.123 e. The van der Waals surface area contributed by atoms with Gasteiger partial charge in [-0.15, -0.1) is 0 Å². The standard InChI is InChI=1S/C13H12N4O/c1-18-13-3-2-11(9-16)8-12(13)10-17(6-4-14)7-5-15/h2-3,8H,6-7,10H2,1H3. The minimum atomic E-state index is 0.160. The van der Waals surface area contributed by atoms with E-state index in [0.29, 0.717) is 17.9 Å². The summed E-state index contributed by atoms with van der Waals surface area (Å²) in [6.07, 6.45) is 0. The minimum Gasteiger partial charge on any atom is -0.496 e. The second-order valence-corrected chi connectivity index (χ2v) is 3.60. The molecule has 0 aliphatic carbocycles. The zero-order valence-electron chi connectivity index (χ0n) is 10.1. The summed E-state index contributed by atoms with van der Waals surface area (Å²) in [5.74, 6) is 0.648. The topological polar surface area (TPSA) is 83.8 Å². The average molecular weight is 240 g/mol. The molecule has 5 heteroatoms. The molecule has 0 radical (unpaired) electrons. The highest BCUT2D eigenvalue weighted by molar-refractivity contribution is 5.42. The largest absolute Gasteiger partial charge is 0.496 e. The first-order valence-electron chi connectivity index (χ1n) is 5.28. The van der Waals surface area contributed by atoms with E-state index in [4.69, 9.17) is 20.5 Å². The van der Waals surface area contributed by atoms with E-state index in [9.17, 15) is 0 Å². The van der Waals surface area contributed by atoms with Crippen LogP contribution in [0.15, 0.2) is 18.2 Å². The lowest BCUT2D eigenvalue weighted by Gasteiger charge is -2.17. The Bertz CT molecular complexity index is 517. The number of benzene rings is 1. The van der Waals surface area contributed by atoms with Crippen LogP contribution in [0.25, 0.3) is 0 Å². The maximum absolute atomic E-state index is 8.86. The molecule has 0 aliphatic heterocycles. The zero-order chi connectivity index (χ0) is 13.4. The van der Waals surface area contributed by atoms with Crippen LogP contribution < -0.4 is 4.74 Å². The molecule has 0 spiro atoms. The molecule has 0 saturated heterocycles. The summed E-state index contributed by atoms with van der Waals surface area (Å²) in [6, 6.07) is 11.2. The van der Waals surface area contributed by atoms with Gasteiger partial charge in [-0.3, -0.25) is 4.90 Å². The van der Waals surface area contributed by atoms with E-state index >= 15 is 0 Å². The van der Waals surface area contributed by atoms with Crippen LogP contribution in [0.5, 0.6) is 5.75 Å². The molecule has 0 amide bonds. The predicted octanol–water partition coefficient (Wildman–Crippen LogP) is 1.42. The normalized spacial score (nSPS) is 9.28. The van der Waals surface area contributed by atoms with E-state index in [1.807, 2.05) is 12.1 Å². The van der Waals surface area contributed by atoms with E-state index in [1.54, 1.807) is 30.2 Å². The first-order chi connectivity index (χ1) is 8.74. The Hall–Kier alpha value is -2.55. The first-order valence-corrected chi connectivity index (χ1v) is 5.28. The van der Waals surface area contributed by atoms with Crippen molar-refractivity contribution in [3.63, 3.8) is 0 Å². The monoisotopic (exact) mass is 240 g/mol. The summed E-state index contributed by atoms with van der Waals surface area (Å²) in [5.41, 5.74) is 1.32. The van der Waals surface area contributed by atoms with Crippen molar-refractivity contribution in [3.8, 4) is 24.0 Å². The van der Waals surface area contributed by atoms with Crippen molar-refractivity contribution < 1.29 is 4.74 Å². The fraction of sp³-hybridized carbons (Fsp3) is 0.308. The van der Waals surface area contributed by atoms with Crippen LogP contribution in [0.4, 0.5) is 0 Å². The zero-order valence-corrected chi connectivity index (χ0v) is 10.1. The third-order valence-electron chi connectivity index (χ3n) is 2.39. The van der Waals surface area contributed by atoms with E-state index in [-0.39, 0.29) is 13.1 Å². The van der Waals surface area contributed by atoms with Crippen LogP contribution in [0.1, 0.15) is 11.1 Å². The molecule has 0 bridgehead atoms. The van der Waals surface area contributed by atoms with E-state index in [1.165, 1.54) is 0 Å². The lowest BCUT2D eigenvalue weighted by atomic mass is 10.1. The molecule has 0 N–H and O–H groups in total. The van der Waals surface area contributed by atoms with Crippen LogP contribution in [-0.4, -0.2) is 25.1 Å². The van der Waals surface area contributed by atoms with Crippen molar-refractivity contribution in [1.82, 2.24) is 4.90 Å². The highest BCUT2D eigenvalue weighted by atomic mass is 16.5. The van der Waals surface area contributed by atoms with E-state index < -0.39 is 0 Å². The molecule has 90 valence electrons. The third kappa shape index (κ3) is 3.49. The summed E-state index contributed by atoms with van der Waals surface area (Å²) in [4.78, 5) is 1.68. The Kier molecular flexibility index (Phi) is 5.19. The molecule has 0 saturated carbocycles. The van der Waals surface area contributed by atoms with Gasteiger partial charge in [0.2, 0.25) is 0 Å². The Morgan fingerprint density at radius 3 is 2.33 bits per heavy atom. The van der Waals surface area contributed by atoms with Crippen molar-refractivity contribution in [2.75, 3.05) is 20.2 Å². The van der Waals surface area contributed by atoms with Gasteiger partial charge in [0, 0.05) is 12.1 Å². The van der Waals surface area contributed by atoms with Gasteiger partial charge < -0.3 is 4.74 Å². The number of nitriles is 3. The van der Waals surface area contributed by atoms with Crippen molar-refractivity contribution in [2.24, 2.45) is 0 Å². The van der Waals surface area contributed by atoms with E-state index in [0.717, 1.165) is 5.56 Å². The predicted molar refractivity (Wildman–Crippen MR) is 64.2 cm³/mol. The summed E-state index contributed by atoms with van der Waals surface area (Å²) >= 11 is 0. The highest BCUT2D eigenvalue weighted by Crippen LogP contribution is 2.21. The molecule has 18 heavy (non-hydrogen) atoms. The van der Waals surface area contributed by atoms with Gasteiger partial charge in [0.1, 0.15) is 5.75 Å². The fourth-order valence-electron chi connectivity index (χ4n) is 1.58. The quantitative estimate of drug-likeness (QED) is 0.726. The van der Waals surface area contributed by atoms with Crippen molar-refractivity contribution in [2.45, 2.75) is 6.54 Å². The Morgan fingerprint density at radius 1 is 1.17 bits per heavy atom. The molecule has 1 aromatic carbocycles. The Morgan fingerprint density at radius 2 is 1.83 bits per heavy atom. The highest BCUT2D eigenvalue weighted by Gasteiger charge is 2.10. The van der Waals surface area contributed by atoms with Crippen LogP contribution in [0.2, 0.25) is 0 Å². The SMILES string of the molecule is COc1ccc(C#N)cc1CN(CC#N)CC#N. The van der Waals surface area contributed by atoms with E-state index in [2.05, 4.69) is 6.07 Å². The van der Waals surface area contributed by atoms with Gasteiger partial charge in [-0.2, -0.15) is 15.8 Å². The van der Waals surface area contributed by atoms with Gasteiger partial charge in [0.15, 0.2) is 0 Å². The van der Waals surface area contributed by atoms with Gasteiger partial charge in [-0.25, -0.2) is 0 Å². The number of ether oxygens (including phenoxy) is 1. The summed E-state index contributed by atoms with van der Waals surface area (Å²) in [6.45, 7) is 0.723. The molecule has 0 aliphatic rings. The van der Waals surface area contributed by atoms with Crippen LogP contribution in [0, 0.1) is 34.0 Å². The Balaban J connectivity index is 2.97. The molecule has 0 aromatic heterocycles. The minimum absolute atomic E-state index is 0.160. The van der Waals surface area contributed by atoms with Crippen LogP contribution in [0.3, 0.4) is 0 Å².